The number of carbonyl (C=O) groups is 2. The van der Waals surface area contributed by atoms with Crippen molar-refractivity contribution < 1.29 is 19.4 Å². The summed E-state index contributed by atoms with van der Waals surface area (Å²) in [6.45, 7) is 7.38. The third-order valence-corrected chi connectivity index (χ3v) is 6.15. The van der Waals surface area contributed by atoms with E-state index in [2.05, 4.69) is 15.3 Å². The van der Waals surface area contributed by atoms with Crippen molar-refractivity contribution in [2.45, 2.75) is 64.3 Å². The number of aliphatic hydroxyl groups is 1. The number of amides is 2. The Morgan fingerprint density at radius 3 is 2.67 bits per heavy atom. The molecule has 0 saturated carbocycles. The number of aromatic nitrogens is 2. The fourth-order valence-electron chi connectivity index (χ4n) is 4.60. The Morgan fingerprint density at radius 2 is 2.03 bits per heavy atom. The fourth-order valence-corrected chi connectivity index (χ4v) is 4.60. The summed E-state index contributed by atoms with van der Waals surface area (Å²) in [6, 6.07) is 1.91. The zero-order chi connectivity index (χ0) is 21.7. The molecule has 2 aliphatic heterocycles. The van der Waals surface area contributed by atoms with Crippen molar-refractivity contribution in [3.63, 3.8) is 0 Å². The average Bonchev–Trinajstić information content (AvgIpc) is 3.27. The summed E-state index contributed by atoms with van der Waals surface area (Å²) in [5.41, 5.74) is 2.04. The first kappa shape index (κ1) is 22.7. The number of hydrogen-bond donors (Lipinski definition) is 2. The Morgan fingerprint density at radius 1 is 1.30 bits per heavy atom. The van der Waals surface area contributed by atoms with Gasteiger partial charge in [-0.25, -0.2) is 0 Å². The molecule has 168 valence electrons. The Hall–Kier alpha value is -1.97. The van der Waals surface area contributed by atoms with Crippen LogP contribution in [0.15, 0.2) is 6.07 Å². The molecule has 0 aromatic carbocycles. The number of nitrogens with one attached hydrogen (secondary N) is 1. The summed E-state index contributed by atoms with van der Waals surface area (Å²) in [7, 11) is 1.60. The van der Waals surface area contributed by atoms with Crippen LogP contribution in [0.3, 0.4) is 0 Å². The summed E-state index contributed by atoms with van der Waals surface area (Å²) in [5.74, 6) is 0.100. The summed E-state index contributed by atoms with van der Waals surface area (Å²) < 4.78 is 6.88. The highest BCUT2D eigenvalue weighted by Crippen LogP contribution is 2.27. The third-order valence-electron chi connectivity index (χ3n) is 6.15. The number of aryl methyl sites for hydroxylation is 3. The van der Waals surface area contributed by atoms with Gasteiger partial charge in [-0.1, -0.05) is 0 Å². The first-order valence-electron chi connectivity index (χ1n) is 10.9. The Labute approximate surface area is 178 Å². The SMILES string of the molecule is COCCNC(=O)[C@@H]1C[C@@H](O)CN1C1CCN(C(=O)CCn2nc(C)cc2C)CC1. The fraction of sp³-hybridized carbons (Fsp3) is 0.762. The summed E-state index contributed by atoms with van der Waals surface area (Å²) in [6.07, 6.45) is 2.06. The molecule has 0 aliphatic carbocycles. The predicted molar refractivity (Wildman–Crippen MR) is 112 cm³/mol. The number of β-amino-alcohol motifs (C(OH)–C–C–N with tert-alkyl or cyclic N) is 1. The minimum Gasteiger partial charge on any atom is -0.392 e. The number of hydrogen-bond acceptors (Lipinski definition) is 6. The highest BCUT2D eigenvalue weighted by molar-refractivity contribution is 5.82. The van der Waals surface area contributed by atoms with E-state index in [0.29, 0.717) is 52.2 Å². The Kier molecular flexibility index (Phi) is 7.85. The maximum atomic E-state index is 12.6. The highest BCUT2D eigenvalue weighted by Gasteiger charge is 2.40. The van der Waals surface area contributed by atoms with Gasteiger partial charge in [0.05, 0.1) is 24.4 Å². The molecule has 3 heterocycles. The molecule has 2 aliphatic rings. The van der Waals surface area contributed by atoms with Crippen LogP contribution in [0.2, 0.25) is 0 Å². The molecule has 0 radical (unpaired) electrons. The standard InChI is InChI=1S/C21H35N5O4/c1-15-12-16(2)26(23-15)10-6-20(28)24-8-4-17(5-9-24)25-14-18(27)13-19(25)21(29)22-7-11-30-3/h12,17-19,27H,4-11,13-14H2,1-3H3,(H,22,29)/t18-,19+/m1/s1. The summed E-state index contributed by atoms with van der Waals surface area (Å²) in [5, 5.41) is 17.5. The van der Waals surface area contributed by atoms with Crippen LogP contribution < -0.4 is 5.32 Å². The molecule has 1 aromatic heterocycles. The molecule has 1 aromatic rings. The van der Waals surface area contributed by atoms with Gasteiger partial charge in [0.1, 0.15) is 0 Å². The van der Waals surface area contributed by atoms with Crippen molar-refractivity contribution in [2.75, 3.05) is 39.9 Å². The van der Waals surface area contributed by atoms with Gasteiger partial charge in [-0.3, -0.25) is 19.2 Å². The third kappa shape index (κ3) is 5.59. The molecule has 2 amide bonds. The normalized spacial score (nSPS) is 23.1. The van der Waals surface area contributed by atoms with E-state index in [1.54, 1.807) is 7.11 Å². The van der Waals surface area contributed by atoms with Crippen LogP contribution in [0, 0.1) is 13.8 Å². The number of piperidine rings is 1. The second kappa shape index (κ2) is 10.4. The molecule has 0 unspecified atom stereocenters. The number of likely N-dealkylation sites (tertiary alicyclic amines) is 2. The van der Waals surface area contributed by atoms with Gasteiger partial charge in [-0.15, -0.1) is 0 Å². The Balaban J connectivity index is 1.48. The average molecular weight is 422 g/mol. The number of ether oxygens (including phenoxy) is 1. The lowest BCUT2D eigenvalue weighted by atomic mass is 10.0. The van der Waals surface area contributed by atoms with Gasteiger partial charge in [0.2, 0.25) is 11.8 Å². The number of rotatable bonds is 8. The lowest BCUT2D eigenvalue weighted by Gasteiger charge is -2.39. The minimum absolute atomic E-state index is 0.0491. The van der Waals surface area contributed by atoms with E-state index in [9.17, 15) is 14.7 Å². The number of methoxy groups -OCH3 is 1. The van der Waals surface area contributed by atoms with E-state index in [1.807, 2.05) is 29.5 Å². The second-order valence-corrected chi connectivity index (χ2v) is 8.40. The van der Waals surface area contributed by atoms with E-state index in [-0.39, 0.29) is 23.9 Å². The second-order valence-electron chi connectivity index (χ2n) is 8.40. The topological polar surface area (TPSA) is 99.9 Å². The summed E-state index contributed by atoms with van der Waals surface area (Å²) >= 11 is 0. The molecule has 0 spiro atoms. The van der Waals surface area contributed by atoms with Crippen molar-refractivity contribution in [1.29, 1.82) is 0 Å². The number of nitrogens with zero attached hydrogens (tertiary/aromatic N) is 4. The molecule has 2 saturated heterocycles. The van der Waals surface area contributed by atoms with E-state index in [0.717, 1.165) is 24.2 Å². The van der Waals surface area contributed by atoms with Gasteiger partial charge in [0.25, 0.3) is 0 Å². The van der Waals surface area contributed by atoms with Gasteiger partial charge >= 0.3 is 0 Å². The number of carbonyl (C=O) groups excluding carboxylic acids is 2. The zero-order valence-electron chi connectivity index (χ0n) is 18.3. The van der Waals surface area contributed by atoms with Crippen molar-refractivity contribution in [2.24, 2.45) is 0 Å². The van der Waals surface area contributed by atoms with Gasteiger partial charge < -0.3 is 20.1 Å². The highest BCUT2D eigenvalue weighted by atomic mass is 16.5. The lowest BCUT2D eigenvalue weighted by molar-refractivity contribution is -0.134. The van der Waals surface area contributed by atoms with Gasteiger partial charge in [0, 0.05) is 58.0 Å². The maximum absolute atomic E-state index is 12.6. The maximum Gasteiger partial charge on any atom is 0.237 e. The summed E-state index contributed by atoms with van der Waals surface area (Å²) in [4.78, 5) is 29.2. The minimum atomic E-state index is -0.483. The smallest absolute Gasteiger partial charge is 0.237 e. The monoisotopic (exact) mass is 421 g/mol. The Bertz CT molecular complexity index is 729. The van der Waals surface area contributed by atoms with Gasteiger partial charge in [-0.2, -0.15) is 5.10 Å². The van der Waals surface area contributed by atoms with Crippen LogP contribution in [0.25, 0.3) is 0 Å². The quantitative estimate of drug-likeness (QED) is 0.577. The van der Waals surface area contributed by atoms with Gasteiger partial charge in [-0.05, 0) is 39.2 Å². The van der Waals surface area contributed by atoms with E-state index in [1.165, 1.54) is 0 Å². The predicted octanol–water partition coefficient (Wildman–Crippen LogP) is 0.0788. The van der Waals surface area contributed by atoms with Crippen molar-refractivity contribution in [1.82, 2.24) is 24.9 Å². The number of aliphatic hydroxyl groups excluding tert-OH is 1. The van der Waals surface area contributed by atoms with Crippen LogP contribution in [0.4, 0.5) is 0 Å². The van der Waals surface area contributed by atoms with Crippen LogP contribution in [-0.2, 0) is 20.9 Å². The van der Waals surface area contributed by atoms with E-state index < -0.39 is 6.10 Å². The molecule has 0 bridgehead atoms. The molecule has 3 rings (SSSR count). The van der Waals surface area contributed by atoms with Crippen LogP contribution >= 0.6 is 0 Å². The zero-order valence-corrected chi connectivity index (χ0v) is 18.3. The molecule has 9 nitrogen and oxygen atoms in total. The first-order chi connectivity index (χ1) is 14.4. The molecule has 30 heavy (non-hydrogen) atoms. The molecule has 9 heteroatoms. The molecule has 2 N–H and O–H groups in total. The van der Waals surface area contributed by atoms with Crippen LogP contribution in [-0.4, -0.2) is 94.6 Å². The molecular weight excluding hydrogens is 386 g/mol. The largest absolute Gasteiger partial charge is 0.392 e. The molecule has 2 fully saturated rings. The van der Waals surface area contributed by atoms with Crippen LogP contribution in [0.5, 0.6) is 0 Å². The molecule has 2 atom stereocenters. The van der Waals surface area contributed by atoms with E-state index in [4.69, 9.17) is 4.74 Å². The lowest BCUT2D eigenvalue weighted by Crippen LogP contribution is -2.52. The van der Waals surface area contributed by atoms with Crippen molar-refractivity contribution in [3.05, 3.63) is 17.5 Å². The molecular formula is C21H35N5O4. The van der Waals surface area contributed by atoms with Crippen molar-refractivity contribution >= 4 is 11.8 Å². The van der Waals surface area contributed by atoms with Crippen LogP contribution in [0.1, 0.15) is 37.1 Å². The van der Waals surface area contributed by atoms with Gasteiger partial charge in [0.15, 0.2) is 0 Å². The van der Waals surface area contributed by atoms with E-state index >= 15 is 0 Å². The van der Waals surface area contributed by atoms with Crippen molar-refractivity contribution in [3.8, 4) is 0 Å². The first-order valence-corrected chi connectivity index (χ1v) is 10.9.